The third-order valence-corrected chi connectivity index (χ3v) is 2.47. The van der Waals surface area contributed by atoms with Gasteiger partial charge in [-0.1, -0.05) is 30.3 Å². The minimum absolute atomic E-state index is 0. The second kappa shape index (κ2) is 6.11. The molecule has 0 aromatic heterocycles. The Hall–Kier alpha value is -1.74. The number of hydrogen-bond donors (Lipinski definition) is 1. The molecular formula is C13H14ClNO2. The highest BCUT2D eigenvalue weighted by Gasteiger charge is 2.13. The van der Waals surface area contributed by atoms with Gasteiger partial charge in [0.1, 0.15) is 0 Å². The minimum atomic E-state index is -0.845. The van der Waals surface area contributed by atoms with Crippen LogP contribution >= 0.6 is 12.4 Å². The summed E-state index contributed by atoms with van der Waals surface area (Å²) in [6, 6.07) is 10.0. The lowest BCUT2D eigenvalue weighted by atomic mass is 10.1. The van der Waals surface area contributed by atoms with E-state index in [2.05, 4.69) is 0 Å². The van der Waals surface area contributed by atoms with Gasteiger partial charge in [0.2, 0.25) is 0 Å². The Balaban J connectivity index is 0.00000144. The summed E-state index contributed by atoms with van der Waals surface area (Å²) in [6.07, 6.45) is 5.33. The predicted molar refractivity (Wildman–Crippen MR) is 69.0 cm³/mol. The summed E-state index contributed by atoms with van der Waals surface area (Å²) in [5.41, 5.74) is 1.61. The van der Waals surface area contributed by atoms with Crippen LogP contribution in [0.5, 0.6) is 0 Å². The van der Waals surface area contributed by atoms with Crippen LogP contribution in [0.2, 0.25) is 0 Å². The number of carboxylic acids is 1. The first-order valence-corrected chi connectivity index (χ1v) is 5.14. The van der Waals surface area contributed by atoms with E-state index in [9.17, 15) is 4.79 Å². The van der Waals surface area contributed by atoms with E-state index >= 15 is 0 Å². The lowest BCUT2D eigenvalue weighted by Gasteiger charge is -2.23. The van der Waals surface area contributed by atoms with E-state index in [0.29, 0.717) is 12.1 Å². The summed E-state index contributed by atoms with van der Waals surface area (Å²) in [4.78, 5) is 12.8. The van der Waals surface area contributed by atoms with Crippen molar-refractivity contribution in [3.05, 3.63) is 59.8 Å². The molecular weight excluding hydrogens is 238 g/mol. The molecule has 0 unspecified atom stereocenters. The summed E-state index contributed by atoms with van der Waals surface area (Å²) in [5.74, 6) is -0.845. The van der Waals surface area contributed by atoms with Crippen molar-refractivity contribution >= 4 is 18.4 Å². The third-order valence-electron chi connectivity index (χ3n) is 2.47. The first-order chi connectivity index (χ1) is 7.75. The molecule has 1 heterocycles. The number of rotatable bonds is 3. The van der Waals surface area contributed by atoms with Crippen molar-refractivity contribution in [3.63, 3.8) is 0 Å². The maximum atomic E-state index is 10.8. The zero-order valence-corrected chi connectivity index (χ0v) is 10.1. The van der Waals surface area contributed by atoms with Gasteiger partial charge in [-0.15, -0.1) is 12.4 Å². The Labute approximate surface area is 106 Å². The predicted octanol–water partition coefficient (Wildman–Crippen LogP) is 2.45. The average Bonchev–Trinajstić information content (AvgIpc) is 2.30. The topological polar surface area (TPSA) is 40.5 Å². The third kappa shape index (κ3) is 3.64. The molecule has 90 valence electrons. The SMILES string of the molecule is Cl.O=C(O)C1=CC=CN(Cc2ccccc2)C1. The van der Waals surface area contributed by atoms with Crippen molar-refractivity contribution in [1.82, 2.24) is 4.90 Å². The van der Waals surface area contributed by atoms with Gasteiger partial charge < -0.3 is 10.0 Å². The number of carboxylic acid groups (broad SMARTS) is 1. The van der Waals surface area contributed by atoms with E-state index < -0.39 is 5.97 Å². The lowest BCUT2D eigenvalue weighted by Crippen LogP contribution is -2.24. The molecule has 0 amide bonds. The number of hydrogen-bond acceptors (Lipinski definition) is 2. The van der Waals surface area contributed by atoms with Crippen molar-refractivity contribution < 1.29 is 9.90 Å². The van der Waals surface area contributed by atoms with Crippen molar-refractivity contribution in [2.45, 2.75) is 6.54 Å². The van der Waals surface area contributed by atoms with Gasteiger partial charge in [0.15, 0.2) is 0 Å². The first kappa shape index (κ1) is 13.3. The van der Waals surface area contributed by atoms with E-state index in [1.54, 1.807) is 12.2 Å². The number of benzene rings is 1. The van der Waals surface area contributed by atoms with Gasteiger partial charge in [-0.05, 0) is 23.9 Å². The van der Waals surface area contributed by atoms with Crippen molar-refractivity contribution in [3.8, 4) is 0 Å². The molecule has 1 N–H and O–H groups in total. The van der Waals surface area contributed by atoms with Crippen LogP contribution in [0.1, 0.15) is 5.56 Å². The van der Waals surface area contributed by atoms with Crippen molar-refractivity contribution in [2.24, 2.45) is 0 Å². The zero-order chi connectivity index (χ0) is 11.4. The van der Waals surface area contributed by atoms with Crippen LogP contribution in [0.3, 0.4) is 0 Å². The fourth-order valence-electron chi connectivity index (χ4n) is 1.67. The van der Waals surface area contributed by atoms with Crippen molar-refractivity contribution in [2.75, 3.05) is 6.54 Å². The maximum absolute atomic E-state index is 10.8. The average molecular weight is 252 g/mol. The Morgan fingerprint density at radius 1 is 1.29 bits per heavy atom. The lowest BCUT2D eigenvalue weighted by molar-refractivity contribution is -0.132. The standard InChI is InChI=1S/C13H13NO2.ClH/c15-13(16)12-7-4-8-14(10-12)9-11-5-2-1-3-6-11;/h1-8H,9-10H2,(H,15,16);1H. The summed E-state index contributed by atoms with van der Waals surface area (Å²) < 4.78 is 0. The minimum Gasteiger partial charge on any atom is -0.478 e. The second-order valence-electron chi connectivity index (χ2n) is 3.73. The molecule has 4 heteroatoms. The molecule has 0 fully saturated rings. The van der Waals surface area contributed by atoms with Gasteiger partial charge in [-0.2, -0.15) is 0 Å². The number of aliphatic carboxylic acids is 1. The Morgan fingerprint density at radius 3 is 2.65 bits per heavy atom. The van der Waals surface area contributed by atoms with Gasteiger partial charge in [0.05, 0.1) is 5.57 Å². The fraction of sp³-hybridized carbons (Fsp3) is 0.154. The van der Waals surface area contributed by atoms with E-state index in [-0.39, 0.29) is 12.4 Å². The largest absolute Gasteiger partial charge is 0.478 e. The van der Waals surface area contributed by atoms with Gasteiger partial charge in [0, 0.05) is 13.1 Å². The molecule has 0 spiro atoms. The highest BCUT2D eigenvalue weighted by atomic mass is 35.5. The highest BCUT2D eigenvalue weighted by molar-refractivity contribution is 5.87. The molecule has 0 bridgehead atoms. The monoisotopic (exact) mass is 251 g/mol. The summed E-state index contributed by atoms with van der Waals surface area (Å²) >= 11 is 0. The first-order valence-electron chi connectivity index (χ1n) is 5.14. The van der Waals surface area contributed by atoms with Gasteiger partial charge in [0.25, 0.3) is 0 Å². The quantitative estimate of drug-likeness (QED) is 0.897. The summed E-state index contributed by atoms with van der Waals surface area (Å²) in [5, 5.41) is 8.89. The molecule has 1 aromatic carbocycles. The molecule has 2 rings (SSSR count). The zero-order valence-electron chi connectivity index (χ0n) is 9.24. The second-order valence-corrected chi connectivity index (χ2v) is 3.73. The molecule has 0 atom stereocenters. The Bertz CT molecular complexity index is 440. The van der Waals surface area contributed by atoms with E-state index in [0.717, 1.165) is 6.54 Å². The Morgan fingerprint density at radius 2 is 2.00 bits per heavy atom. The number of nitrogens with zero attached hydrogens (tertiary/aromatic N) is 1. The van der Waals surface area contributed by atoms with E-state index in [1.807, 2.05) is 41.4 Å². The summed E-state index contributed by atoms with van der Waals surface area (Å²) in [7, 11) is 0. The summed E-state index contributed by atoms with van der Waals surface area (Å²) in [6.45, 7) is 1.20. The smallest absolute Gasteiger partial charge is 0.333 e. The number of carbonyl (C=O) groups is 1. The molecule has 0 saturated carbocycles. The number of allylic oxidation sites excluding steroid dienone is 2. The van der Waals surface area contributed by atoms with Crippen LogP contribution < -0.4 is 0 Å². The molecule has 17 heavy (non-hydrogen) atoms. The van der Waals surface area contributed by atoms with Crippen LogP contribution in [0.25, 0.3) is 0 Å². The molecule has 0 aliphatic carbocycles. The fourth-order valence-corrected chi connectivity index (χ4v) is 1.67. The van der Waals surface area contributed by atoms with Crippen LogP contribution in [-0.2, 0) is 11.3 Å². The van der Waals surface area contributed by atoms with Crippen LogP contribution in [0, 0.1) is 0 Å². The molecule has 0 radical (unpaired) electrons. The highest BCUT2D eigenvalue weighted by Crippen LogP contribution is 2.11. The maximum Gasteiger partial charge on any atom is 0.333 e. The van der Waals surface area contributed by atoms with Crippen molar-refractivity contribution in [1.29, 1.82) is 0 Å². The van der Waals surface area contributed by atoms with E-state index in [4.69, 9.17) is 5.11 Å². The molecule has 1 aliphatic heterocycles. The van der Waals surface area contributed by atoms with Gasteiger partial charge >= 0.3 is 5.97 Å². The van der Waals surface area contributed by atoms with Gasteiger partial charge in [-0.25, -0.2) is 4.79 Å². The normalized spacial score (nSPS) is 13.9. The molecule has 0 saturated heterocycles. The van der Waals surface area contributed by atoms with Crippen LogP contribution in [-0.4, -0.2) is 22.5 Å². The Kier molecular flexibility index (Phi) is 4.79. The van der Waals surface area contributed by atoms with E-state index in [1.165, 1.54) is 5.56 Å². The van der Waals surface area contributed by atoms with Crippen LogP contribution in [0.15, 0.2) is 54.3 Å². The molecule has 3 nitrogen and oxygen atoms in total. The van der Waals surface area contributed by atoms with Crippen LogP contribution in [0.4, 0.5) is 0 Å². The number of halogens is 1. The molecule has 1 aliphatic rings. The van der Waals surface area contributed by atoms with Gasteiger partial charge in [-0.3, -0.25) is 0 Å². The molecule has 1 aromatic rings.